The van der Waals surface area contributed by atoms with Gasteiger partial charge in [-0.25, -0.2) is 0 Å². The van der Waals surface area contributed by atoms with E-state index in [1.54, 1.807) is 6.92 Å². The largest absolute Gasteiger partial charge is 0.378 e. The van der Waals surface area contributed by atoms with Gasteiger partial charge in [0.25, 0.3) is 0 Å². The van der Waals surface area contributed by atoms with Gasteiger partial charge in [0, 0.05) is 33.3 Å². The predicted molar refractivity (Wildman–Crippen MR) is 78.1 cm³/mol. The minimum atomic E-state index is 0.137. The molecule has 1 aliphatic rings. The highest BCUT2D eigenvalue weighted by atomic mass is 16.2. The highest BCUT2D eigenvalue weighted by Crippen LogP contribution is 2.37. The number of rotatable bonds is 3. The number of carbonyl (C=O) groups is 1. The van der Waals surface area contributed by atoms with E-state index in [2.05, 4.69) is 29.2 Å². The Morgan fingerprint density at radius 3 is 2.47 bits per heavy atom. The highest BCUT2D eigenvalue weighted by molar-refractivity contribution is 5.74. The Morgan fingerprint density at radius 2 is 2.00 bits per heavy atom. The van der Waals surface area contributed by atoms with Gasteiger partial charge in [-0.05, 0) is 36.6 Å². The topological polar surface area (TPSA) is 49.6 Å². The molecule has 2 N–H and O–H groups in total. The summed E-state index contributed by atoms with van der Waals surface area (Å²) in [5, 5.41) is 0. The van der Waals surface area contributed by atoms with Crippen molar-refractivity contribution in [1.29, 1.82) is 0 Å². The van der Waals surface area contributed by atoms with Crippen molar-refractivity contribution in [1.82, 2.24) is 4.90 Å². The van der Waals surface area contributed by atoms with E-state index in [0.717, 1.165) is 13.0 Å². The quantitative estimate of drug-likeness (QED) is 0.899. The van der Waals surface area contributed by atoms with Gasteiger partial charge < -0.3 is 15.5 Å². The van der Waals surface area contributed by atoms with Crippen molar-refractivity contribution in [2.24, 2.45) is 11.7 Å². The summed E-state index contributed by atoms with van der Waals surface area (Å²) in [5.41, 5.74) is 8.21. The first kappa shape index (κ1) is 13.9. The minimum absolute atomic E-state index is 0.137. The third-order valence-electron chi connectivity index (χ3n) is 3.98. The van der Waals surface area contributed by atoms with Gasteiger partial charge in [-0.1, -0.05) is 12.1 Å². The third-order valence-corrected chi connectivity index (χ3v) is 3.98. The molecule has 104 valence electrons. The first-order valence-corrected chi connectivity index (χ1v) is 6.79. The summed E-state index contributed by atoms with van der Waals surface area (Å²) in [6.07, 6.45) is 0.996. The Kier molecular flexibility index (Phi) is 4.10. The molecule has 0 spiro atoms. The van der Waals surface area contributed by atoms with Crippen molar-refractivity contribution in [2.75, 3.05) is 32.1 Å². The van der Waals surface area contributed by atoms with E-state index in [9.17, 15) is 4.79 Å². The second-order valence-electron chi connectivity index (χ2n) is 5.43. The molecule has 19 heavy (non-hydrogen) atoms. The van der Waals surface area contributed by atoms with Gasteiger partial charge in [-0.2, -0.15) is 0 Å². The average Bonchev–Trinajstić information content (AvgIpc) is 2.82. The normalized spacial score (nSPS) is 22.6. The van der Waals surface area contributed by atoms with Gasteiger partial charge in [0.05, 0.1) is 6.04 Å². The standard InChI is InChI=1S/C15H23N3O/c1-11(19)18-9-8-13(10-16)15(18)12-4-6-14(7-5-12)17(2)3/h4-7,13,15H,8-10,16H2,1-3H3. The monoisotopic (exact) mass is 261 g/mol. The predicted octanol–water partition coefficient (Wildman–Crippen LogP) is 1.62. The molecule has 1 aromatic rings. The lowest BCUT2D eigenvalue weighted by atomic mass is 9.93. The SMILES string of the molecule is CC(=O)N1CCC(CN)C1c1ccc(N(C)C)cc1. The van der Waals surface area contributed by atoms with Crippen molar-refractivity contribution in [3.8, 4) is 0 Å². The summed E-state index contributed by atoms with van der Waals surface area (Å²) in [5.74, 6) is 0.506. The van der Waals surface area contributed by atoms with Crippen molar-refractivity contribution in [3.05, 3.63) is 29.8 Å². The first-order valence-electron chi connectivity index (χ1n) is 6.79. The molecular weight excluding hydrogens is 238 g/mol. The molecule has 0 aromatic heterocycles. The first-order chi connectivity index (χ1) is 9.04. The van der Waals surface area contributed by atoms with Crippen LogP contribution >= 0.6 is 0 Å². The molecule has 2 rings (SSSR count). The van der Waals surface area contributed by atoms with Gasteiger partial charge in [0.1, 0.15) is 0 Å². The van der Waals surface area contributed by atoms with Crippen molar-refractivity contribution >= 4 is 11.6 Å². The zero-order chi connectivity index (χ0) is 14.0. The molecule has 1 fully saturated rings. The van der Waals surface area contributed by atoms with Crippen LogP contribution in [0.15, 0.2) is 24.3 Å². The van der Waals surface area contributed by atoms with Crippen LogP contribution in [0.2, 0.25) is 0 Å². The molecule has 1 amide bonds. The summed E-state index contributed by atoms with van der Waals surface area (Å²) >= 11 is 0. The Bertz CT molecular complexity index is 441. The number of anilines is 1. The van der Waals surface area contributed by atoms with Crippen molar-refractivity contribution in [2.45, 2.75) is 19.4 Å². The molecule has 2 unspecified atom stereocenters. The molecule has 0 saturated carbocycles. The van der Waals surface area contributed by atoms with Crippen LogP contribution in [0.1, 0.15) is 24.9 Å². The van der Waals surface area contributed by atoms with Gasteiger partial charge in [-0.3, -0.25) is 4.79 Å². The maximum Gasteiger partial charge on any atom is 0.219 e. The lowest BCUT2D eigenvalue weighted by Gasteiger charge is -2.28. The van der Waals surface area contributed by atoms with E-state index < -0.39 is 0 Å². The van der Waals surface area contributed by atoms with E-state index >= 15 is 0 Å². The Balaban J connectivity index is 2.28. The lowest BCUT2D eigenvalue weighted by Crippen LogP contribution is -2.31. The number of likely N-dealkylation sites (tertiary alicyclic amines) is 1. The molecule has 4 nitrogen and oxygen atoms in total. The highest BCUT2D eigenvalue weighted by Gasteiger charge is 2.35. The van der Waals surface area contributed by atoms with Gasteiger partial charge >= 0.3 is 0 Å². The van der Waals surface area contributed by atoms with Gasteiger partial charge in [-0.15, -0.1) is 0 Å². The summed E-state index contributed by atoms with van der Waals surface area (Å²) in [6.45, 7) is 3.08. The zero-order valence-corrected chi connectivity index (χ0v) is 12.0. The fraction of sp³-hybridized carbons (Fsp3) is 0.533. The third kappa shape index (κ3) is 2.73. The molecule has 0 aliphatic carbocycles. The molecule has 1 heterocycles. The van der Waals surface area contributed by atoms with E-state index in [1.807, 2.05) is 19.0 Å². The number of carbonyl (C=O) groups excluding carboxylic acids is 1. The number of benzene rings is 1. The zero-order valence-electron chi connectivity index (χ0n) is 12.0. The number of nitrogens with zero attached hydrogens (tertiary/aromatic N) is 2. The number of hydrogen-bond acceptors (Lipinski definition) is 3. The molecule has 2 atom stereocenters. The van der Waals surface area contributed by atoms with Gasteiger partial charge in [0.2, 0.25) is 5.91 Å². The molecule has 0 radical (unpaired) electrons. The number of nitrogens with two attached hydrogens (primary N) is 1. The Hall–Kier alpha value is -1.55. The van der Waals surface area contributed by atoms with Crippen LogP contribution in [-0.2, 0) is 4.79 Å². The van der Waals surface area contributed by atoms with E-state index in [-0.39, 0.29) is 11.9 Å². The summed E-state index contributed by atoms with van der Waals surface area (Å²) < 4.78 is 0. The number of hydrogen-bond donors (Lipinski definition) is 1. The van der Waals surface area contributed by atoms with Crippen LogP contribution in [0.5, 0.6) is 0 Å². The van der Waals surface area contributed by atoms with E-state index in [1.165, 1.54) is 11.3 Å². The molecular formula is C15H23N3O. The lowest BCUT2D eigenvalue weighted by molar-refractivity contribution is -0.130. The second-order valence-corrected chi connectivity index (χ2v) is 5.43. The minimum Gasteiger partial charge on any atom is -0.378 e. The second kappa shape index (κ2) is 5.61. The van der Waals surface area contributed by atoms with Crippen LogP contribution in [-0.4, -0.2) is 38.0 Å². The fourth-order valence-electron chi connectivity index (χ4n) is 2.88. The molecule has 1 aliphatic heterocycles. The van der Waals surface area contributed by atoms with Crippen LogP contribution < -0.4 is 10.6 Å². The summed E-state index contributed by atoms with van der Waals surface area (Å²) in [6, 6.07) is 8.56. The Labute approximate surface area is 115 Å². The number of amides is 1. The van der Waals surface area contributed by atoms with Crippen LogP contribution in [0.25, 0.3) is 0 Å². The molecule has 0 bridgehead atoms. The average molecular weight is 261 g/mol. The van der Waals surface area contributed by atoms with Crippen LogP contribution in [0, 0.1) is 5.92 Å². The van der Waals surface area contributed by atoms with Crippen LogP contribution in [0.3, 0.4) is 0 Å². The van der Waals surface area contributed by atoms with Crippen molar-refractivity contribution < 1.29 is 4.79 Å². The fourth-order valence-corrected chi connectivity index (χ4v) is 2.88. The Morgan fingerprint density at radius 1 is 1.37 bits per heavy atom. The van der Waals surface area contributed by atoms with E-state index in [0.29, 0.717) is 12.5 Å². The van der Waals surface area contributed by atoms with Crippen molar-refractivity contribution in [3.63, 3.8) is 0 Å². The maximum absolute atomic E-state index is 11.7. The molecule has 1 aromatic carbocycles. The summed E-state index contributed by atoms with van der Waals surface area (Å²) in [4.78, 5) is 15.8. The smallest absolute Gasteiger partial charge is 0.219 e. The summed E-state index contributed by atoms with van der Waals surface area (Å²) in [7, 11) is 4.05. The van der Waals surface area contributed by atoms with Gasteiger partial charge in [0.15, 0.2) is 0 Å². The molecule has 4 heteroatoms. The molecule has 1 saturated heterocycles. The van der Waals surface area contributed by atoms with Crippen LogP contribution in [0.4, 0.5) is 5.69 Å². The maximum atomic E-state index is 11.7. The van der Waals surface area contributed by atoms with E-state index in [4.69, 9.17) is 5.73 Å².